The Hall–Kier alpha value is -1.04. The maximum absolute atomic E-state index is 11.6. The summed E-state index contributed by atoms with van der Waals surface area (Å²) in [5, 5.41) is 10.9. The van der Waals surface area contributed by atoms with Gasteiger partial charge in [0.25, 0.3) is 0 Å². The van der Waals surface area contributed by atoms with Crippen molar-refractivity contribution >= 4 is 29.6 Å². The molecule has 1 atom stereocenters. The predicted octanol–water partition coefficient (Wildman–Crippen LogP) is 4.49. The van der Waals surface area contributed by atoms with Crippen molar-refractivity contribution < 1.29 is 19.5 Å². The van der Waals surface area contributed by atoms with Gasteiger partial charge in [0, 0.05) is 12.8 Å². The molecule has 0 saturated carbocycles. The third kappa shape index (κ3) is 17.6. The van der Waals surface area contributed by atoms with Crippen molar-refractivity contribution in [2.24, 2.45) is 0 Å². The van der Waals surface area contributed by atoms with Crippen LogP contribution < -0.4 is 5.32 Å². The van der Waals surface area contributed by atoms with E-state index in [-0.39, 0.29) is 11.0 Å². The minimum Gasteiger partial charge on any atom is -0.481 e. The Kier molecular flexibility index (Phi) is 15.7. The van der Waals surface area contributed by atoms with Gasteiger partial charge in [-0.1, -0.05) is 64.2 Å². The monoisotopic (exact) mass is 373 g/mol. The number of carbonyl (C=O) groups is 3. The quantitative estimate of drug-likeness (QED) is 0.259. The Morgan fingerprint density at radius 3 is 1.48 bits per heavy atom. The second kappa shape index (κ2) is 16.4. The minimum atomic E-state index is -0.692. The van der Waals surface area contributed by atoms with E-state index in [0.717, 1.165) is 38.5 Å². The lowest BCUT2D eigenvalue weighted by atomic mass is 10.0. The van der Waals surface area contributed by atoms with Crippen molar-refractivity contribution in [3.05, 3.63) is 0 Å². The molecule has 0 unspecified atom stereocenters. The molecule has 0 aromatic rings. The van der Waals surface area contributed by atoms with Crippen LogP contribution in [0.3, 0.4) is 0 Å². The van der Waals surface area contributed by atoms with Crippen LogP contribution in [0.1, 0.15) is 96.8 Å². The lowest BCUT2D eigenvalue weighted by molar-refractivity contribution is -0.137. The van der Waals surface area contributed by atoms with Crippen LogP contribution in [0, 0.1) is 0 Å². The maximum atomic E-state index is 11.6. The summed E-state index contributed by atoms with van der Waals surface area (Å²) in [6, 6.07) is -0.506. The summed E-state index contributed by atoms with van der Waals surface area (Å²) in [6.07, 6.45) is 14.3. The molecule has 2 N–H and O–H groups in total. The molecule has 0 bridgehead atoms. The lowest BCUT2D eigenvalue weighted by Gasteiger charge is -2.09. The summed E-state index contributed by atoms with van der Waals surface area (Å²) in [6.45, 7) is 1.64. The fourth-order valence-corrected chi connectivity index (χ4v) is 2.77. The van der Waals surface area contributed by atoms with Gasteiger partial charge in [0.15, 0.2) is 0 Å². The first kappa shape index (κ1) is 24.0. The van der Waals surface area contributed by atoms with E-state index >= 15 is 0 Å². The van der Waals surface area contributed by atoms with Gasteiger partial charge in [0.05, 0.1) is 6.04 Å². The smallest absolute Gasteiger partial charge is 0.303 e. The van der Waals surface area contributed by atoms with Crippen molar-refractivity contribution in [2.75, 3.05) is 0 Å². The molecular weight excluding hydrogens is 338 g/mol. The zero-order valence-electron chi connectivity index (χ0n) is 15.6. The highest BCUT2D eigenvalue weighted by molar-refractivity contribution is 7.96. The van der Waals surface area contributed by atoms with Gasteiger partial charge in [-0.2, -0.15) is 0 Å². The first-order valence-corrected chi connectivity index (χ1v) is 10.1. The highest BCUT2D eigenvalue weighted by Crippen LogP contribution is 2.13. The molecule has 146 valence electrons. The Morgan fingerprint density at radius 1 is 0.760 bits per heavy atom. The maximum Gasteiger partial charge on any atom is 0.303 e. The number of amides is 1. The summed E-state index contributed by atoms with van der Waals surface area (Å²) in [7, 11) is 0. The second-order valence-corrected chi connectivity index (χ2v) is 7.20. The number of carboxylic acid groups (broad SMARTS) is 1. The van der Waals surface area contributed by atoms with Crippen molar-refractivity contribution in [2.45, 2.75) is 103 Å². The first-order chi connectivity index (χ1) is 11.9. The molecule has 0 aliphatic rings. The first-order valence-electron chi connectivity index (χ1n) is 9.67. The summed E-state index contributed by atoms with van der Waals surface area (Å²) in [5.74, 6) is -0.763. The number of hydrogen-bond donors (Lipinski definition) is 3. The summed E-state index contributed by atoms with van der Waals surface area (Å²) in [4.78, 5) is 32.9. The zero-order chi connectivity index (χ0) is 18.9. The molecule has 0 aliphatic heterocycles. The number of carboxylic acids is 1. The summed E-state index contributed by atoms with van der Waals surface area (Å²) in [5.41, 5.74) is 0. The second-order valence-electron chi connectivity index (χ2n) is 6.76. The molecule has 25 heavy (non-hydrogen) atoms. The standard InChI is InChI=1S/C19H35NO4S/c1-16(19(24)25)20-17(21)14-12-10-8-6-4-2-3-5-7-9-11-13-15-18(22)23/h16H,2-15H2,1H3,(H,20,21)(H,22,23)(H,24,25)/t16-/m0/s1. The number of rotatable bonds is 17. The number of carbonyl (C=O) groups excluding carboxylic acids is 2. The van der Waals surface area contributed by atoms with Crippen LogP contribution in [-0.4, -0.2) is 28.1 Å². The molecule has 0 radical (unpaired) electrons. The van der Waals surface area contributed by atoms with Gasteiger partial charge < -0.3 is 10.4 Å². The summed E-state index contributed by atoms with van der Waals surface area (Å²) < 4.78 is 0. The molecule has 0 fully saturated rings. The third-order valence-corrected chi connectivity index (χ3v) is 4.68. The fourth-order valence-electron chi connectivity index (χ4n) is 2.70. The molecule has 5 nitrogen and oxygen atoms in total. The molecule has 0 saturated heterocycles. The Balaban J connectivity index is 3.22. The minimum absolute atomic E-state index is 0.0711. The molecule has 0 heterocycles. The van der Waals surface area contributed by atoms with Crippen molar-refractivity contribution in [1.29, 1.82) is 0 Å². The van der Waals surface area contributed by atoms with Crippen LogP contribution in [0.4, 0.5) is 0 Å². The zero-order valence-corrected chi connectivity index (χ0v) is 16.5. The van der Waals surface area contributed by atoms with Crippen LogP contribution >= 0.6 is 12.6 Å². The predicted molar refractivity (Wildman–Crippen MR) is 104 cm³/mol. The topological polar surface area (TPSA) is 83.5 Å². The van der Waals surface area contributed by atoms with Crippen LogP contribution in [0.5, 0.6) is 0 Å². The Morgan fingerprint density at radius 2 is 1.12 bits per heavy atom. The average molecular weight is 374 g/mol. The molecule has 6 heteroatoms. The highest BCUT2D eigenvalue weighted by atomic mass is 32.1. The van der Waals surface area contributed by atoms with Crippen LogP contribution in [-0.2, 0) is 14.4 Å². The number of hydrogen-bond acceptors (Lipinski definition) is 3. The van der Waals surface area contributed by atoms with Gasteiger partial charge in [0.1, 0.15) is 0 Å². The van der Waals surface area contributed by atoms with Gasteiger partial charge in [-0.15, -0.1) is 12.6 Å². The molecule has 0 aromatic carbocycles. The van der Waals surface area contributed by atoms with Crippen LogP contribution in [0.15, 0.2) is 0 Å². The highest BCUT2D eigenvalue weighted by Gasteiger charge is 2.11. The Labute approximate surface area is 157 Å². The Bertz CT molecular complexity index is 388. The largest absolute Gasteiger partial charge is 0.481 e. The lowest BCUT2D eigenvalue weighted by Crippen LogP contribution is -2.36. The third-order valence-electron chi connectivity index (χ3n) is 4.29. The van der Waals surface area contributed by atoms with E-state index in [1.807, 2.05) is 0 Å². The van der Waals surface area contributed by atoms with Crippen molar-refractivity contribution in [3.63, 3.8) is 0 Å². The number of aliphatic carboxylic acids is 1. The molecule has 0 aliphatic carbocycles. The van der Waals surface area contributed by atoms with E-state index in [0.29, 0.717) is 12.8 Å². The summed E-state index contributed by atoms with van der Waals surface area (Å²) >= 11 is 3.69. The van der Waals surface area contributed by atoms with E-state index < -0.39 is 12.0 Å². The number of nitrogens with one attached hydrogen (secondary N) is 1. The van der Waals surface area contributed by atoms with Crippen LogP contribution in [0.25, 0.3) is 0 Å². The normalized spacial score (nSPS) is 11.9. The SMILES string of the molecule is C[C@H](NC(=O)CCCCCCCCCCCCCCC(=O)O)C(=O)S. The van der Waals surface area contributed by atoms with Crippen LogP contribution in [0.2, 0.25) is 0 Å². The molecule has 0 spiro atoms. The van der Waals surface area contributed by atoms with Gasteiger partial charge in [-0.25, -0.2) is 0 Å². The molecule has 0 rings (SSSR count). The van der Waals surface area contributed by atoms with Gasteiger partial charge in [-0.05, 0) is 19.8 Å². The van der Waals surface area contributed by atoms with Crippen molar-refractivity contribution in [1.82, 2.24) is 5.32 Å². The number of unbranched alkanes of at least 4 members (excludes halogenated alkanes) is 11. The molecule has 1 amide bonds. The van der Waals surface area contributed by atoms with E-state index in [4.69, 9.17) is 5.11 Å². The van der Waals surface area contributed by atoms with Crippen molar-refractivity contribution in [3.8, 4) is 0 Å². The number of thiol groups is 1. The van der Waals surface area contributed by atoms with E-state index in [1.54, 1.807) is 6.92 Å². The van der Waals surface area contributed by atoms with E-state index in [2.05, 4.69) is 17.9 Å². The average Bonchev–Trinajstić information content (AvgIpc) is 2.54. The van der Waals surface area contributed by atoms with E-state index in [1.165, 1.54) is 38.5 Å². The molecule has 0 aromatic heterocycles. The molecular formula is C19H35NO4S. The van der Waals surface area contributed by atoms with Gasteiger partial charge in [-0.3, -0.25) is 14.4 Å². The van der Waals surface area contributed by atoms with E-state index in [9.17, 15) is 14.4 Å². The van der Waals surface area contributed by atoms with Gasteiger partial charge in [0.2, 0.25) is 11.0 Å². The fraction of sp³-hybridized carbons (Fsp3) is 0.842. The van der Waals surface area contributed by atoms with Gasteiger partial charge >= 0.3 is 5.97 Å².